The first kappa shape index (κ1) is 11.3. The number of aromatic nitrogens is 1. The molecule has 1 aromatic heterocycles. The molecule has 0 amide bonds. The number of pyridine rings is 1. The van der Waals surface area contributed by atoms with E-state index in [0.29, 0.717) is 6.04 Å². The molecule has 0 saturated heterocycles. The lowest BCUT2D eigenvalue weighted by molar-refractivity contribution is 0.463. The van der Waals surface area contributed by atoms with Crippen molar-refractivity contribution < 1.29 is 0 Å². The maximum atomic E-state index is 6.00. The van der Waals surface area contributed by atoms with Crippen molar-refractivity contribution in [2.45, 2.75) is 38.1 Å². The van der Waals surface area contributed by atoms with Crippen LogP contribution < -0.4 is 11.1 Å². The highest BCUT2D eigenvalue weighted by Crippen LogP contribution is 2.30. The number of hydrogen-bond acceptors (Lipinski definition) is 3. The van der Waals surface area contributed by atoms with Gasteiger partial charge in [-0.25, -0.2) is 0 Å². The number of fused-ring (bicyclic) bond motifs is 1. The third-order valence-corrected chi connectivity index (χ3v) is 3.82. The van der Waals surface area contributed by atoms with Gasteiger partial charge in [0, 0.05) is 40.6 Å². The molecule has 1 fully saturated rings. The minimum Gasteiger partial charge on any atom is -0.398 e. The number of nitrogen functional groups attached to an aromatic ring is 1. The standard InChI is InChI=1S/C15H19N3/c16-14-6-7-15(13-10-17-9-8-12(13)14)18-11-4-2-1-3-5-11/h6-11,18H,1-5,16H2. The lowest BCUT2D eigenvalue weighted by Gasteiger charge is -2.24. The van der Waals surface area contributed by atoms with Gasteiger partial charge >= 0.3 is 0 Å². The Bertz CT molecular complexity index is 544. The summed E-state index contributed by atoms with van der Waals surface area (Å²) in [4.78, 5) is 4.21. The van der Waals surface area contributed by atoms with E-state index >= 15 is 0 Å². The molecule has 0 bridgehead atoms. The summed E-state index contributed by atoms with van der Waals surface area (Å²) in [6.07, 6.45) is 10.3. The first-order chi connectivity index (χ1) is 8.84. The number of hydrogen-bond donors (Lipinski definition) is 2. The average molecular weight is 241 g/mol. The van der Waals surface area contributed by atoms with Gasteiger partial charge in [0.05, 0.1) is 0 Å². The van der Waals surface area contributed by atoms with Crippen LogP contribution in [0, 0.1) is 0 Å². The zero-order chi connectivity index (χ0) is 12.4. The second-order valence-corrected chi connectivity index (χ2v) is 5.10. The Kier molecular flexibility index (Phi) is 3.05. The van der Waals surface area contributed by atoms with Crippen LogP contribution in [0.15, 0.2) is 30.6 Å². The van der Waals surface area contributed by atoms with Gasteiger partial charge in [-0.2, -0.15) is 0 Å². The Morgan fingerprint density at radius 1 is 1.06 bits per heavy atom. The molecular formula is C15H19N3. The number of benzene rings is 1. The van der Waals surface area contributed by atoms with Gasteiger partial charge in [-0.05, 0) is 31.0 Å². The molecule has 0 unspecified atom stereocenters. The molecule has 0 radical (unpaired) electrons. The van der Waals surface area contributed by atoms with Crippen LogP contribution in [-0.4, -0.2) is 11.0 Å². The molecule has 0 atom stereocenters. The lowest BCUT2D eigenvalue weighted by atomic mass is 9.95. The van der Waals surface area contributed by atoms with Crippen LogP contribution >= 0.6 is 0 Å². The van der Waals surface area contributed by atoms with Crippen molar-refractivity contribution in [3.05, 3.63) is 30.6 Å². The molecule has 94 valence electrons. The predicted octanol–water partition coefficient (Wildman–Crippen LogP) is 3.56. The smallest absolute Gasteiger partial charge is 0.0439 e. The summed E-state index contributed by atoms with van der Waals surface area (Å²) in [7, 11) is 0. The van der Waals surface area contributed by atoms with E-state index in [1.807, 2.05) is 18.3 Å². The zero-order valence-electron chi connectivity index (χ0n) is 10.5. The summed E-state index contributed by atoms with van der Waals surface area (Å²) in [6, 6.07) is 6.64. The van der Waals surface area contributed by atoms with E-state index in [0.717, 1.165) is 16.5 Å². The number of nitrogens with zero attached hydrogens (tertiary/aromatic N) is 1. The van der Waals surface area contributed by atoms with Crippen LogP contribution in [0.4, 0.5) is 11.4 Å². The number of rotatable bonds is 2. The van der Waals surface area contributed by atoms with Crippen LogP contribution in [0.25, 0.3) is 10.8 Å². The first-order valence-electron chi connectivity index (χ1n) is 6.73. The molecule has 0 spiro atoms. The van der Waals surface area contributed by atoms with Gasteiger partial charge in [0.1, 0.15) is 0 Å². The molecule has 3 heteroatoms. The van der Waals surface area contributed by atoms with E-state index < -0.39 is 0 Å². The zero-order valence-corrected chi connectivity index (χ0v) is 10.5. The second-order valence-electron chi connectivity index (χ2n) is 5.10. The summed E-state index contributed by atoms with van der Waals surface area (Å²) in [5, 5.41) is 5.87. The van der Waals surface area contributed by atoms with Crippen LogP contribution in [0.5, 0.6) is 0 Å². The van der Waals surface area contributed by atoms with E-state index in [-0.39, 0.29) is 0 Å². The van der Waals surface area contributed by atoms with Gasteiger partial charge in [0.2, 0.25) is 0 Å². The van der Waals surface area contributed by atoms with Crippen molar-refractivity contribution in [2.24, 2.45) is 0 Å². The van der Waals surface area contributed by atoms with Crippen molar-refractivity contribution in [2.75, 3.05) is 11.1 Å². The van der Waals surface area contributed by atoms with Crippen molar-refractivity contribution in [3.63, 3.8) is 0 Å². The van der Waals surface area contributed by atoms with Crippen LogP contribution in [0.2, 0.25) is 0 Å². The highest BCUT2D eigenvalue weighted by molar-refractivity contribution is 6.00. The highest BCUT2D eigenvalue weighted by atomic mass is 14.9. The molecule has 1 heterocycles. The summed E-state index contributed by atoms with van der Waals surface area (Å²) < 4.78 is 0. The molecule has 3 N–H and O–H groups in total. The SMILES string of the molecule is Nc1ccc(NC2CCCCC2)c2cnccc12. The van der Waals surface area contributed by atoms with Gasteiger partial charge < -0.3 is 11.1 Å². The van der Waals surface area contributed by atoms with Gasteiger partial charge in [-0.15, -0.1) is 0 Å². The van der Waals surface area contributed by atoms with Gasteiger partial charge in [0.25, 0.3) is 0 Å². The lowest BCUT2D eigenvalue weighted by Crippen LogP contribution is -2.22. The monoisotopic (exact) mass is 241 g/mol. The molecule has 1 aliphatic rings. The van der Waals surface area contributed by atoms with Crippen LogP contribution in [0.3, 0.4) is 0 Å². The first-order valence-corrected chi connectivity index (χ1v) is 6.73. The van der Waals surface area contributed by atoms with E-state index in [1.165, 1.54) is 37.8 Å². The van der Waals surface area contributed by atoms with Gasteiger partial charge in [-0.3, -0.25) is 4.98 Å². The molecule has 1 aromatic carbocycles. The van der Waals surface area contributed by atoms with Crippen LogP contribution in [-0.2, 0) is 0 Å². The maximum absolute atomic E-state index is 6.00. The fourth-order valence-corrected chi connectivity index (χ4v) is 2.81. The molecular weight excluding hydrogens is 222 g/mol. The summed E-state index contributed by atoms with van der Waals surface area (Å²) in [5.41, 5.74) is 7.99. The third-order valence-electron chi connectivity index (χ3n) is 3.82. The highest BCUT2D eigenvalue weighted by Gasteiger charge is 2.14. The molecule has 2 aromatic rings. The second kappa shape index (κ2) is 4.84. The van der Waals surface area contributed by atoms with E-state index in [1.54, 1.807) is 6.20 Å². The topological polar surface area (TPSA) is 50.9 Å². The summed E-state index contributed by atoms with van der Waals surface area (Å²) >= 11 is 0. The Labute approximate surface area is 107 Å². The minimum absolute atomic E-state index is 0.603. The Morgan fingerprint density at radius 3 is 2.72 bits per heavy atom. The van der Waals surface area contributed by atoms with E-state index in [9.17, 15) is 0 Å². The average Bonchev–Trinajstić information content (AvgIpc) is 2.44. The number of nitrogens with two attached hydrogens (primary N) is 1. The quantitative estimate of drug-likeness (QED) is 0.790. The number of anilines is 2. The third kappa shape index (κ3) is 2.13. The van der Waals surface area contributed by atoms with E-state index in [4.69, 9.17) is 5.73 Å². The fourth-order valence-electron chi connectivity index (χ4n) is 2.81. The molecule has 3 nitrogen and oxygen atoms in total. The van der Waals surface area contributed by atoms with Gasteiger partial charge in [0.15, 0.2) is 0 Å². The van der Waals surface area contributed by atoms with Gasteiger partial charge in [-0.1, -0.05) is 19.3 Å². The predicted molar refractivity (Wildman–Crippen MR) is 76.7 cm³/mol. The Balaban J connectivity index is 1.94. The molecule has 1 aliphatic carbocycles. The molecule has 0 aliphatic heterocycles. The van der Waals surface area contributed by atoms with Crippen molar-refractivity contribution in [1.29, 1.82) is 0 Å². The number of nitrogens with one attached hydrogen (secondary N) is 1. The minimum atomic E-state index is 0.603. The largest absolute Gasteiger partial charge is 0.398 e. The summed E-state index contributed by atoms with van der Waals surface area (Å²) in [6.45, 7) is 0. The molecule has 18 heavy (non-hydrogen) atoms. The maximum Gasteiger partial charge on any atom is 0.0439 e. The molecule has 3 rings (SSSR count). The molecule has 1 saturated carbocycles. The van der Waals surface area contributed by atoms with Crippen molar-refractivity contribution >= 4 is 22.1 Å². The van der Waals surface area contributed by atoms with Crippen molar-refractivity contribution in [1.82, 2.24) is 4.98 Å². The van der Waals surface area contributed by atoms with E-state index in [2.05, 4.69) is 16.4 Å². The Morgan fingerprint density at radius 2 is 1.89 bits per heavy atom. The normalized spacial score (nSPS) is 16.9. The Hall–Kier alpha value is -1.77. The summed E-state index contributed by atoms with van der Waals surface area (Å²) in [5.74, 6) is 0. The van der Waals surface area contributed by atoms with Crippen LogP contribution in [0.1, 0.15) is 32.1 Å². The fraction of sp³-hybridized carbons (Fsp3) is 0.400. The van der Waals surface area contributed by atoms with Crippen molar-refractivity contribution in [3.8, 4) is 0 Å².